The van der Waals surface area contributed by atoms with Crippen molar-refractivity contribution >= 4 is 22.9 Å². The first-order valence-electron chi connectivity index (χ1n) is 6.46. The molecule has 0 unspecified atom stereocenters. The molecule has 0 amide bonds. The van der Waals surface area contributed by atoms with Crippen LogP contribution in [0.15, 0.2) is 30.6 Å². The van der Waals surface area contributed by atoms with E-state index in [1.165, 1.54) is 0 Å². The van der Waals surface area contributed by atoms with Gasteiger partial charge in [0, 0.05) is 24.0 Å². The Balaban J connectivity index is 1.99. The smallest absolute Gasteiger partial charge is 0.157 e. The standard InChI is InChI=1S/C14H11ClN6/c1-8-7-20-12(3-4-16-20)18-14(8)10-6-13-17-9(2)5-11(15)21(13)19-10/h3-7H,1-2H3. The molecule has 6 nitrogen and oxygen atoms in total. The van der Waals surface area contributed by atoms with E-state index in [2.05, 4.69) is 20.2 Å². The predicted molar refractivity (Wildman–Crippen MR) is 79.5 cm³/mol. The summed E-state index contributed by atoms with van der Waals surface area (Å²) in [6, 6.07) is 5.53. The van der Waals surface area contributed by atoms with E-state index >= 15 is 0 Å². The van der Waals surface area contributed by atoms with Crippen LogP contribution >= 0.6 is 11.6 Å². The van der Waals surface area contributed by atoms with Gasteiger partial charge < -0.3 is 0 Å². The SMILES string of the molecule is Cc1cc(Cl)n2nc(-c3nc4ccnn4cc3C)cc2n1. The fraction of sp³-hybridized carbons (Fsp3) is 0.143. The van der Waals surface area contributed by atoms with Crippen LogP contribution in [0.1, 0.15) is 11.3 Å². The van der Waals surface area contributed by atoms with E-state index in [0.29, 0.717) is 10.8 Å². The van der Waals surface area contributed by atoms with Crippen LogP contribution in [-0.4, -0.2) is 29.2 Å². The van der Waals surface area contributed by atoms with E-state index in [4.69, 9.17) is 11.6 Å². The predicted octanol–water partition coefficient (Wildman–Crippen LogP) is 2.71. The summed E-state index contributed by atoms with van der Waals surface area (Å²) < 4.78 is 3.36. The summed E-state index contributed by atoms with van der Waals surface area (Å²) in [7, 11) is 0. The molecule has 21 heavy (non-hydrogen) atoms. The quantitative estimate of drug-likeness (QED) is 0.507. The Hall–Kier alpha value is -2.47. The van der Waals surface area contributed by atoms with Gasteiger partial charge in [0.05, 0.1) is 11.9 Å². The van der Waals surface area contributed by atoms with Crippen molar-refractivity contribution in [3.8, 4) is 11.4 Å². The van der Waals surface area contributed by atoms with Crippen LogP contribution in [0.5, 0.6) is 0 Å². The Kier molecular flexibility index (Phi) is 2.49. The maximum Gasteiger partial charge on any atom is 0.157 e. The van der Waals surface area contributed by atoms with Crippen molar-refractivity contribution in [2.75, 3.05) is 0 Å². The molecule has 0 saturated carbocycles. The van der Waals surface area contributed by atoms with Crippen LogP contribution in [0.3, 0.4) is 0 Å². The lowest BCUT2D eigenvalue weighted by atomic mass is 10.2. The molecule has 0 aliphatic rings. The van der Waals surface area contributed by atoms with E-state index in [0.717, 1.165) is 28.3 Å². The van der Waals surface area contributed by atoms with Gasteiger partial charge in [-0.3, -0.25) is 0 Å². The molecule has 0 radical (unpaired) electrons. The Morgan fingerprint density at radius 1 is 1.10 bits per heavy atom. The first-order chi connectivity index (χ1) is 10.1. The van der Waals surface area contributed by atoms with E-state index in [1.54, 1.807) is 21.3 Å². The lowest BCUT2D eigenvalue weighted by Crippen LogP contribution is -1.97. The lowest BCUT2D eigenvalue weighted by molar-refractivity contribution is 0.915. The molecule has 0 atom stereocenters. The Morgan fingerprint density at radius 2 is 1.95 bits per heavy atom. The first kappa shape index (κ1) is 12.3. The molecule has 0 bridgehead atoms. The van der Waals surface area contributed by atoms with E-state index in [1.807, 2.05) is 32.2 Å². The highest BCUT2D eigenvalue weighted by molar-refractivity contribution is 6.29. The van der Waals surface area contributed by atoms with Crippen LogP contribution < -0.4 is 0 Å². The third-order valence-electron chi connectivity index (χ3n) is 3.32. The van der Waals surface area contributed by atoms with E-state index < -0.39 is 0 Å². The number of fused-ring (bicyclic) bond motifs is 2. The van der Waals surface area contributed by atoms with Gasteiger partial charge in [0.2, 0.25) is 0 Å². The number of aryl methyl sites for hydroxylation is 2. The highest BCUT2D eigenvalue weighted by Gasteiger charge is 2.13. The second-order valence-corrected chi connectivity index (χ2v) is 5.31. The molecule has 0 aromatic carbocycles. The van der Waals surface area contributed by atoms with Crippen molar-refractivity contribution < 1.29 is 0 Å². The summed E-state index contributed by atoms with van der Waals surface area (Å²) >= 11 is 6.21. The lowest BCUT2D eigenvalue weighted by Gasteiger charge is -2.02. The van der Waals surface area contributed by atoms with Crippen LogP contribution in [0.25, 0.3) is 22.7 Å². The minimum absolute atomic E-state index is 0.534. The van der Waals surface area contributed by atoms with Gasteiger partial charge >= 0.3 is 0 Å². The van der Waals surface area contributed by atoms with E-state index in [-0.39, 0.29) is 0 Å². The maximum atomic E-state index is 6.21. The molecule has 0 N–H and O–H groups in total. The first-order valence-corrected chi connectivity index (χ1v) is 6.84. The Labute approximate surface area is 125 Å². The highest BCUT2D eigenvalue weighted by Crippen LogP contribution is 2.23. The van der Waals surface area contributed by atoms with Crippen molar-refractivity contribution in [3.63, 3.8) is 0 Å². The molecule has 4 heterocycles. The second-order valence-electron chi connectivity index (χ2n) is 4.93. The van der Waals surface area contributed by atoms with Gasteiger partial charge in [0.1, 0.15) is 10.8 Å². The number of hydrogen-bond acceptors (Lipinski definition) is 4. The minimum atomic E-state index is 0.534. The number of hydrogen-bond donors (Lipinski definition) is 0. The fourth-order valence-electron chi connectivity index (χ4n) is 2.37. The van der Waals surface area contributed by atoms with Gasteiger partial charge in [-0.15, -0.1) is 0 Å². The van der Waals surface area contributed by atoms with Gasteiger partial charge in [-0.25, -0.2) is 19.0 Å². The third-order valence-corrected chi connectivity index (χ3v) is 3.59. The number of halogens is 1. The normalized spacial score (nSPS) is 11.6. The molecule has 0 aliphatic heterocycles. The summed E-state index contributed by atoms with van der Waals surface area (Å²) in [6.45, 7) is 3.88. The van der Waals surface area contributed by atoms with Crippen LogP contribution in [0, 0.1) is 13.8 Å². The monoisotopic (exact) mass is 298 g/mol. The maximum absolute atomic E-state index is 6.21. The van der Waals surface area contributed by atoms with E-state index in [9.17, 15) is 0 Å². The topological polar surface area (TPSA) is 60.4 Å². The molecule has 0 fully saturated rings. The summed E-state index contributed by atoms with van der Waals surface area (Å²) in [5, 5.41) is 9.22. The Bertz CT molecular complexity index is 984. The van der Waals surface area contributed by atoms with Gasteiger partial charge in [0.25, 0.3) is 0 Å². The second kappa shape index (κ2) is 4.26. The minimum Gasteiger partial charge on any atom is -0.234 e. The molecule has 0 saturated heterocycles. The highest BCUT2D eigenvalue weighted by atomic mass is 35.5. The van der Waals surface area contributed by atoms with Crippen LogP contribution in [-0.2, 0) is 0 Å². The molecular weight excluding hydrogens is 288 g/mol. The molecule has 4 rings (SSSR count). The number of nitrogens with zero attached hydrogens (tertiary/aromatic N) is 6. The molecular formula is C14H11ClN6. The van der Waals surface area contributed by atoms with Crippen molar-refractivity contribution in [3.05, 3.63) is 47.0 Å². The molecule has 0 aliphatic carbocycles. The van der Waals surface area contributed by atoms with Crippen LogP contribution in [0.2, 0.25) is 5.15 Å². The van der Waals surface area contributed by atoms with Gasteiger partial charge in [-0.2, -0.15) is 10.2 Å². The van der Waals surface area contributed by atoms with Crippen molar-refractivity contribution in [1.29, 1.82) is 0 Å². The summed E-state index contributed by atoms with van der Waals surface area (Å²) in [6.07, 6.45) is 3.65. The number of aromatic nitrogens is 6. The molecule has 104 valence electrons. The zero-order valence-corrected chi connectivity index (χ0v) is 12.2. The third kappa shape index (κ3) is 1.87. The summed E-state index contributed by atoms with van der Waals surface area (Å²) in [5.74, 6) is 0. The zero-order valence-electron chi connectivity index (χ0n) is 11.4. The largest absolute Gasteiger partial charge is 0.234 e. The van der Waals surface area contributed by atoms with Crippen LogP contribution in [0.4, 0.5) is 0 Å². The average Bonchev–Trinajstić information content (AvgIpc) is 3.03. The summed E-state index contributed by atoms with van der Waals surface area (Å²) in [5.41, 5.74) is 4.89. The van der Waals surface area contributed by atoms with Gasteiger partial charge in [-0.05, 0) is 25.5 Å². The molecule has 4 aromatic rings. The van der Waals surface area contributed by atoms with Gasteiger partial charge in [0.15, 0.2) is 11.3 Å². The molecule has 4 aromatic heterocycles. The average molecular weight is 299 g/mol. The van der Waals surface area contributed by atoms with Crippen molar-refractivity contribution in [1.82, 2.24) is 29.2 Å². The molecule has 7 heteroatoms. The zero-order chi connectivity index (χ0) is 14.6. The number of rotatable bonds is 1. The summed E-state index contributed by atoms with van der Waals surface area (Å²) in [4.78, 5) is 9.04. The van der Waals surface area contributed by atoms with Crippen molar-refractivity contribution in [2.24, 2.45) is 0 Å². The molecule has 0 spiro atoms. The Morgan fingerprint density at radius 3 is 2.81 bits per heavy atom. The van der Waals surface area contributed by atoms with Gasteiger partial charge in [-0.1, -0.05) is 11.6 Å². The van der Waals surface area contributed by atoms with Crippen molar-refractivity contribution in [2.45, 2.75) is 13.8 Å². The fourth-order valence-corrected chi connectivity index (χ4v) is 2.65.